The molecule has 0 aliphatic heterocycles. The van der Waals surface area contributed by atoms with Crippen molar-refractivity contribution in [3.8, 4) is 0 Å². The number of carbonyl (C=O) groups excluding carboxylic acids is 2. The van der Waals surface area contributed by atoms with Crippen molar-refractivity contribution < 1.29 is 37.3 Å². The second kappa shape index (κ2) is 50.7. The summed E-state index contributed by atoms with van der Waals surface area (Å²) in [6.07, 6.45) is 65.5. The Morgan fingerprint density at radius 2 is 0.901 bits per heavy atom. The standard InChI is InChI=1S/C61H109N2O7P/c1-7-10-13-16-19-22-25-28-29-30-31-32-33-36-39-42-45-48-51-54-61(65)70-59(52-49-46-43-40-37-34-26-23-20-17-14-11-8-2)58(57-69-71(66,67)68-56-55-63(4,5)6)62-60(64)53-50-47-44-41-38-35-27-24-21-18-15-12-9-3/h10,13,19,22,28-29,31-32,35-36,38-39,49,52,58-59H,7-9,11-12,14-18,20-21,23-27,30,33-34,37,40-48,50-51,53-57H2,1-6H3,(H-,62,64,66,67)/b13-10-,22-19-,29-28-,32-31-,38-35-,39-36-,52-49-. The van der Waals surface area contributed by atoms with Crippen LogP contribution in [-0.2, 0) is 27.9 Å². The minimum absolute atomic E-state index is 0.0338. The zero-order chi connectivity index (χ0) is 52.2. The average Bonchev–Trinajstić information content (AvgIpc) is 3.33. The maximum Gasteiger partial charge on any atom is 0.306 e. The summed E-state index contributed by atoms with van der Waals surface area (Å²) < 4.78 is 30.2. The van der Waals surface area contributed by atoms with Crippen LogP contribution in [-0.4, -0.2) is 69.4 Å². The van der Waals surface area contributed by atoms with Gasteiger partial charge in [0.1, 0.15) is 19.3 Å². The number of phosphoric ester groups is 1. The lowest BCUT2D eigenvalue weighted by atomic mass is 10.0. The SMILES string of the molecule is CC/C=C\C/C=C\C/C=C\C/C=C\C/C=C\CCCCCC(=O)OC(/C=C\CCCCCCCCCCCCC)C(COP(=O)([O-])OCC[N+](C)(C)C)NC(=O)CCCCC/C=C\CCCCCCCC. The highest BCUT2D eigenvalue weighted by molar-refractivity contribution is 7.45. The number of nitrogens with one attached hydrogen (secondary N) is 1. The molecule has 0 aliphatic carbocycles. The van der Waals surface area contributed by atoms with E-state index in [0.29, 0.717) is 23.9 Å². The number of unbranched alkanes of at least 4 members (excludes halogenated alkanes) is 23. The molecular formula is C61H109N2O7P. The maximum atomic E-state index is 13.5. The summed E-state index contributed by atoms with van der Waals surface area (Å²) in [5.74, 6) is -0.601. The third-order valence-corrected chi connectivity index (χ3v) is 13.3. The second-order valence-corrected chi connectivity index (χ2v) is 21.8. The minimum atomic E-state index is -4.71. The van der Waals surface area contributed by atoms with Crippen LogP contribution in [0.3, 0.4) is 0 Å². The van der Waals surface area contributed by atoms with Gasteiger partial charge in [0, 0.05) is 12.8 Å². The predicted octanol–water partition coefficient (Wildman–Crippen LogP) is 16.8. The third kappa shape index (κ3) is 51.9. The van der Waals surface area contributed by atoms with Gasteiger partial charge < -0.3 is 28.5 Å². The number of rotatable bonds is 51. The number of likely N-dealkylation sites (N-methyl/N-ethyl adjacent to an activating group) is 1. The smallest absolute Gasteiger partial charge is 0.306 e. The average molecular weight is 1010 g/mol. The number of phosphoric acid groups is 1. The molecule has 0 heterocycles. The minimum Gasteiger partial charge on any atom is -0.756 e. The van der Waals surface area contributed by atoms with Crippen LogP contribution in [0.25, 0.3) is 0 Å². The highest BCUT2D eigenvalue weighted by Crippen LogP contribution is 2.38. The molecule has 0 rings (SSSR count). The Balaban J connectivity index is 5.44. The largest absolute Gasteiger partial charge is 0.756 e. The van der Waals surface area contributed by atoms with E-state index in [1.165, 1.54) is 96.3 Å². The van der Waals surface area contributed by atoms with Crippen LogP contribution in [0.5, 0.6) is 0 Å². The molecule has 0 spiro atoms. The van der Waals surface area contributed by atoms with Crippen LogP contribution in [0, 0.1) is 0 Å². The van der Waals surface area contributed by atoms with E-state index in [-0.39, 0.29) is 31.3 Å². The summed E-state index contributed by atoms with van der Waals surface area (Å²) in [7, 11) is 1.15. The zero-order valence-electron chi connectivity index (χ0n) is 46.7. The Morgan fingerprint density at radius 1 is 0.507 bits per heavy atom. The van der Waals surface area contributed by atoms with Crippen LogP contribution in [0.1, 0.15) is 239 Å². The molecule has 71 heavy (non-hydrogen) atoms. The lowest BCUT2D eigenvalue weighted by Crippen LogP contribution is -2.47. The van der Waals surface area contributed by atoms with Gasteiger partial charge in [-0.25, -0.2) is 0 Å². The summed E-state index contributed by atoms with van der Waals surface area (Å²) in [6, 6.07) is -0.912. The van der Waals surface area contributed by atoms with E-state index in [2.05, 4.69) is 99.0 Å². The topological polar surface area (TPSA) is 114 Å². The van der Waals surface area contributed by atoms with E-state index >= 15 is 0 Å². The molecule has 0 aromatic heterocycles. The molecule has 0 bridgehead atoms. The van der Waals surface area contributed by atoms with Gasteiger partial charge in [0.2, 0.25) is 5.91 Å². The van der Waals surface area contributed by atoms with Crippen LogP contribution in [0.4, 0.5) is 0 Å². The Hall–Kier alpha value is -2.81. The van der Waals surface area contributed by atoms with E-state index in [1.807, 2.05) is 33.3 Å². The molecule has 1 amide bonds. The molecular weight excluding hydrogens is 904 g/mol. The fourth-order valence-corrected chi connectivity index (χ4v) is 8.56. The Morgan fingerprint density at radius 3 is 1.37 bits per heavy atom. The fourth-order valence-electron chi connectivity index (χ4n) is 7.84. The molecule has 3 unspecified atom stereocenters. The summed E-state index contributed by atoms with van der Waals surface area (Å²) in [6.45, 7) is 6.67. The van der Waals surface area contributed by atoms with E-state index in [1.54, 1.807) is 0 Å². The molecule has 10 heteroatoms. The lowest BCUT2D eigenvalue weighted by molar-refractivity contribution is -0.870. The molecule has 0 aromatic rings. The third-order valence-electron chi connectivity index (χ3n) is 12.3. The molecule has 0 aromatic carbocycles. The number of carbonyl (C=O) groups is 2. The molecule has 0 fully saturated rings. The molecule has 3 atom stereocenters. The highest BCUT2D eigenvalue weighted by Gasteiger charge is 2.27. The number of hydrogen-bond acceptors (Lipinski definition) is 7. The van der Waals surface area contributed by atoms with Crippen molar-refractivity contribution in [2.24, 2.45) is 0 Å². The summed E-state index contributed by atoms with van der Waals surface area (Å²) in [4.78, 5) is 39.8. The van der Waals surface area contributed by atoms with Gasteiger partial charge in [-0.2, -0.15) is 0 Å². The zero-order valence-corrected chi connectivity index (χ0v) is 47.5. The van der Waals surface area contributed by atoms with Gasteiger partial charge in [-0.1, -0.05) is 209 Å². The highest BCUT2D eigenvalue weighted by atomic mass is 31.2. The molecule has 1 N–H and O–H groups in total. The number of amides is 1. The molecule has 0 aliphatic rings. The molecule has 0 radical (unpaired) electrons. The van der Waals surface area contributed by atoms with Crippen molar-refractivity contribution in [2.75, 3.05) is 40.9 Å². The molecule has 9 nitrogen and oxygen atoms in total. The molecule has 0 saturated carbocycles. The van der Waals surface area contributed by atoms with E-state index in [4.69, 9.17) is 13.8 Å². The van der Waals surface area contributed by atoms with Gasteiger partial charge in [-0.15, -0.1) is 0 Å². The van der Waals surface area contributed by atoms with Gasteiger partial charge in [0.25, 0.3) is 7.82 Å². The Bertz CT molecular complexity index is 1490. The van der Waals surface area contributed by atoms with Crippen molar-refractivity contribution in [1.29, 1.82) is 0 Å². The first-order chi connectivity index (χ1) is 34.4. The van der Waals surface area contributed by atoms with Crippen molar-refractivity contribution in [1.82, 2.24) is 5.32 Å². The number of quaternary nitrogens is 1. The molecule has 410 valence electrons. The number of hydrogen-bond donors (Lipinski definition) is 1. The second-order valence-electron chi connectivity index (χ2n) is 20.4. The number of esters is 1. The first kappa shape index (κ1) is 68.2. The van der Waals surface area contributed by atoms with Gasteiger partial charge in [-0.3, -0.25) is 14.2 Å². The number of nitrogens with zero attached hydrogens (tertiary/aromatic N) is 1. The quantitative estimate of drug-likeness (QED) is 0.0212. The van der Waals surface area contributed by atoms with Crippen molar-refractivity contribution in [2.45, 2.75) is 251 Å². The van der Waals surface area contributed by atoms with E-state index in [9.17, 15) is 19.0 Å². The van der Waals surface area contributed by atoms with Gasteiger partial charge in [-0.05, 0) is 102 Å². The van der Waals surface area contributed by atoms with E-state index < -0.39 is 26.6 Å². The maximum absolute atomic E-state index is 13.5. The van der Waals surface area contributed by atoms with Crippen molar-refractivity contribution in [3.05, 3.63) is 85.1 Å². The number of ether oxygens (including phenoxy) is 1. The Kier molecular flexibility index (Phi) is 48.7. The van der Waals surface area contributed by atoms with Crippen LogP contribution < -0.4 is 10.2 Å². The summed E-state index contributed by atoms with van der Waals surface area (Å²) in [5, 5.41) is 3.00. The molecule has 0 saturated heterocycles. The van der Waals surface area contributed by atoms with Crippen molar-refractivity contribution >= 4 is 19.7 Å². The van der Waals surface area contributed by atoms with Crippen molar-refractivity contribution in [3.63, 3.8) is 0 Å². The lowest BCUT2D eigenvalue weighted by Gasteiger charge is -2.30. The summed E-state index contributed by atoms with van der Waals surface area (Å²) in [5.41, 5.74) is 0. The predicted molar refractivity (Wildman–Crippen MR) is 302 cm³/mol. The van der Waals surface area contributed by atoms with Crippen LogP contribution >= 0.6 is 7.82 Å². The van der Waals surface area contributed by atoms with Gasteiger partial charge in [0.05, 0.1) is 33.8 Å². The normalized spacial score (nSPS) is 14.4. The van der Waals surface area contributed by atoms with Crippen LogP contribution in [0.15, 0.2) is 85.1 Å². The van der Waals surface area contributed by atoms with E-state index in [0.717, 1.165) is 96.3 Å². The first-order valence-electron chi connectivity index (χ1n) is 28.9. The monoisotopic (exact) mass is 1010 g/mol. The summed E-state index contributed by atoms with van der Waals surface area (Å²) >= 11 is 0. The Labute approximate surface area is 437 Å². The first-order valence-corrected chi connectivity index (χ1v) is 30.4. The van der Waals surface area contributed by atoms with Gasteiger partial charge >= 0.3 is 5.97 Å². The van der Waals surface area contributed by atoms with Crippen LogP contribution in [0.2, 0.25) is 0 Å². The number of allylic oxidation sites excluding steroid dienone is 13. The van der Waals surface area contributed by atoms with Gasteiger partial charge in [0.15, 0.2) is 0 Å². The fraction of sp³-hybridized carbons (Fsp3) is 0.738.